The van der Waals surface area contributed by atoms with Crippen molar-refractivity contribution in [3.8, 4) is 0 Å². The summed E-state index contributed by atoms with van der Waals surface area (Å²) in [6, 6.07) is 15.5. The van der Waals surface area contributed by atoms with E-state index in [9.17, 15) is 9.59 Å². The highest BCUT2D eigenvalue weighted by Gasteiger charge is 2.16. The molecule has 0 saturated carbocycles. The first-order chi connectivity index (χ1) is 13.6. The normalized spacial score (nSPS) is 11.2. The van der Waals surface area contributed by atoms with Crippen molar-refractivity contribution in [2.75, 3.05) is 5.32 Å². The largest absolute Gasteiger partial charge is 0.336 e. The van der Waals surface area contributed by atoms with E-state index in [4.69, 9.17) is 0 Å². The third kappa shape index (κ3) is 3.17. The molecule has 0 aliphatic heterocycles. The molecule has 0 saturated heterocycles. The molecule has 4 rings (SSSR count). The minimum atomic E-state index is -0.282. The number of fused-ring (bicyclic) bond motifs is 3. The molecule has 28 heavy (non-hydrogen) atoms. The lowest BCUT2D eigenvalue weighted by Crippen LogP contribution is -2.30. The predicted molar refractivity (Wildman–Crippen MR) is 112 cm³/mol. The van der Waals surface area contributed by atoms with E-state index < -0.39 is 0 Å². The Hall–Kier alpha value is -3.41. The summed E-state index contributed by atoms with van der Waals surface area (Å²) in [7, 11) is 0. The molecule has 6 heteroatoms. The topological polar surface area (TPSA) is 68.9 Å². The van der Waals surface area contributed by atoms with Gasteiger partial charge in [0, 0.05) is 28.5 Å². The molecule has 1 amide bonds. The van der Waals surface area contributed by atoms with Crippen LogP contribution in [-0.2, 0) is 17.9 Å². The summed E-state index contributed by atoms with van der Waals surface area (Å²) in [5.74, 6) is -0.282. The molecule has 1 N–H and O–H groups in total. The van der Waals surface area contributed by atoms with Crippen LogP contribution in [0.25, 0.3) is 21.8 Å². The van der Waals surface area contributed by atoms with Crippen molar-refractivity contribution >= 4 is 33.4 Å². The van der Waals surface area contributed by atoms with E-state index in [-0.39, 0.29) is 18.0 Å². The van der Waals surface area contributed by atoms with Gasteiger partial charge in [-0.3, -0.25) is 9.59 Å². The molecule has 6 nitrogen and oxygen atoms in total. The van der Waals surface area contributed by atoms with Crippen LogP contribution in [0.5, 0.6) is 0 Å². The summed E-state index contributed by atoms with van der Waals surface area (Å²) in [6.45, 7) is 4.67. The maximum absolute atomic E-state index is 13.1. The van der Waals surface area contributed by atoms with Crippen molar-refractivity contribution in [3.05, 3.63) is 70.6 Å². The number of anilines is 1. The van der Waals surface area contributed by atoms with Crippen molar-refractivity contribution in [1.29, 1.82) is 0 Å². The van der Waals surface area contributed by atoms with Gasteiger partial charge < -0.3 is 9.88 Å². The van der Waals surface area contributed by atoms with Crippen LogP contribution in [0.2, 0.25) is 0 Å². The van der Waals surface area contributed by atoms with E-state index in [0.29, 0.717) is 11.2 Å². The van der Waals surface area contributed by atoms with Gasteiger partial charge in [0.15, 0.2) is 0 Å². The summed E-state index contributed by atoms with van der Waals surface area (Å²) in [5.41, 5.74) is 3.18. The highest BCUT2D eigenvalue weighted by Crippen LogP contribution is 2.26. The number of rotatable bonds is 5. The first kappa shape index (κ1) is 18.0. The Labute approximate surface area is 162 Å². The Morgan fingerprint density at radius 1 is 1.07 bits per heavy atom. The standard InChI is InChI=1S/C22H22N4O2/c1-3-12-25-19-7-5-4-6-17(19)18-13-23-26(22(28)21(18)25)14-20(27)24-16-10-8-15(2)9-11-16/h4-11,13H,3,12,14H2,1-2H3,(H,24,27). The Kier molecular flexibility index (Phi) is 4.69. The molecular formula is C22H22N4O2. The van der Waals surface area contributed by atoms with Gasteiger partial charge in [-0.15, -0.1) is 0 Å². The zero-order valence-corrected chi connectivity index (χ0v) is 16.0. The number of nitrogens with zero attached hydrogens (tertiary/aromatic N) is 3. The third-order valence-electron chi connectivity index (χ3n) is 4.85. The summed E-state index contributed by atoms with van der Waals surface area (Å²) in [6.07, 6.45) is 2.59. The monoisotopic (exact) mass is 374 g/mol. The van der Waals surface area contributed by atoms with Crippen LogP contribution in [0.3, 0.4) is 0 Å². The SMILES string of the molecule is CCCn1c2ccccc2c2cnn(CC(=O)Nc3ccc(C)cc3)c(=O)c21. The number of amides is 1. The fourth-order valence-corrected chi connectivity index (χ4v) is 3.54. The number of aryl methyl sites for hydroxylation is 2. The van der Waals surface area contributed by atoms with Gasteiger partial charge in [0.1, 0.15) is 12.1 Å². The van der Waals surface area contributed by atoms with Crippen LogP contribution < -0.4 is 10.9 Å². The maximum atomic E-state index is 13.1. The Balaban J connectivity index is 1.72. The average molecular weight is 374 g/mol. The lowest BCUT2D eigenvalue weighted by atomic mass is 10.2. The quantitative estimate of drug-likeness (QED) is 0.579. The number of hydrogen-bond acceptors (Lipinski definition) is 3. The molecular weight excluding hydrogens is 352 g/mol. The van der Waals surface area contributed by atoms with Gasteiger partial charge in [-0.2, -0.15) is 5.10 Å². The van der Waals surface area contributed by atoms with Crippen LogP contribution in [-0.4, -0.2) is 20.3 Å². The van der Waals surface area contributed by atoms with Crippen molar-refractivity contribution in [2.24, 2.45) is 0 Å². The Morgan fingerprint density at radius 3 is 2.57 bits per heavy atom. The molecule has 2 aromatic heterocycles. The molecule has 2 heterocycles. The fraction of sp³-hybridized carbons (Fsp3) is 0.227. The number of para-hydroxylation sites is 1. The van der Waals surface area contributed by atoms with E-state index in [0.717, 1.165) is 34.8 Å². The van der Waals surface area contributed by atoms with Crippen LogP contribution >= 0.6 is 0 Å². The second-order valence-corrected chi connectivity index (χ2v) is 6.95. The van der Waals surface area contributed by atoms with Crippen LogP contribution in [0, 0.1) is 6.92 Å². The minimum Gasteiger partial charge on any atom is -0.336 e. The lowest BCUT2D eigenvalue weighted by molar-refractivity contribution is -0.117. The van der Waals surface area contributed by atoms with Crippen molar-refractivity contribution < 1.29 is 4.79 Å². The molecule has 142 valence electrons. The van der Waals surface area contributed by atoms with Crippen LogP contribution in [0.1, 0.15) is 18.9 Å². The zero-order chi connectivity index (χ0) is 19.7. The predicted octanol–water partition coefficient (Wildman–Crippen LogP) is 3.71. The third-order valence-corrected chi connectivity index (χ3v) is 4.85. The molecule has 0 fully saturated rings. The highest BCUT2D eigenvalue weighted by atomic mass is 16.2. The van der Waals surface area contributed by atoms with Gasteiger partial charge in [-0.05, 0) is 31.5 Å². The molecule has 0 unspecified atom stereocenters. The van der Waals surface area contributed by atoms with E-state index in [2.05, 4.69) is 17.3 Å². The number of nitrogens with one attached hydrogen (secondary N) is 1. The van der Waals surface area contributed by atoms with E-state index >= 15 is 0 Å². The molecule has 0 atom stereocenters. The van der Waals surface area contributed by atoms with E-state index in [1.54, 1.807) is 6.20 Å². The van der Waals surface area contributed by atoms with Crippen molar-refractivity contribution in [2.45, 2.75) is 33.4 Å². The molecule has 0 radical (unpaired) electrons. The van der Waals surface area contributed by atoms with Gasteiger partial charge in [0.2, 0.25) is 5.91 Å². The summed E-state index contributed by atoms with van der Waals surface area (Å²) in [5, 5.41) is 8.90. The Morgan fingerprint density at radius 2 is 1.82 bits per heavy atom. The highest BCUT2D eigenvalue weighted by molar-refractivity contribution is 6.07. The maximum Gasteiger partial charge on any atom is 0.291 e. The van der Waals surface area contributed by atoms with Crippen molar-refractivity contribution in [3.63, 3.8) is 0 Å². The van der Waals surface area contributed by atoms with Gasteiger partial charge in [0.25, 0.3) is 5.56 Å². The van der Waals surface area contributed by atoms with Gasteiger partial charge in [-0.25, -0.2) is 4.68 Å². The number of carbonyl (C=O) groups is 1. The minimum absolute atomic E-state index is 0.129. The van der Waals surface area contributed by atoms with Crippen LogP contribution in [0.4, 0.5) is 5.69 Å². The molecule has 0 aliphatic rings. The first-order valence-corrected chi connectivity index (χ1v) is 9.42. The van der Waals surface area contributed by atoms with Gasteiger partial charge in [-0.1, -0.05) is 42.8 Å². The van der Waals surface area contributed by atoms with E-state index in [1.165, 1.54) is 4.68 Å². The second kappa shape index (κ2) is 7.31. The molecule has 0 spiro atoms. The number of carbonyl (C=O) groups excluding carboxylic acids is 1. The lowest BCUT2D eigenvalue weighted by Gasteiger charge is -2.08. The Bertz CT molecular complexity index is 1220. The summed E-state index contributed by atoms with van der Waals surface area (Å²) in [4.78, 5) is 25.5. The molecule has 0 aliphatic carbocycles. The van der Waals surface area contributed by atoms with E-state index in [1.807, 2.05) is 60.0 Å². The average Bonchev–Trinajstić information content (AvgIpc) is 3.01. The fourth-order valence-electron chi connectivity index (χ4n) is 3.54. The van der Waals surface area contributed by atoms with Gasteiger partial charge in [0.05, 0.1) is 6.20 Å². The summed E-state index contributed by atoms with van der Waals surface area (Å²) >= 11 is 0. The van der Waals surface area contributed by atoms with Crippen molar-refractivity contribution in [1.82, 2.24) is 14.3 Å². The molecule has 4 aromatic rings. The zero-order valence-electron chi connectivity index (χ0n) is 16.0. The molecule has 0 bridgehead atoms. The number of benzene rings is 2. The summed E-state index contributed by atoms with van der Waals surface area (Å²) < 4.78 is 3.26. The van der Waals surface area contributed by atoms with Crippen LogP contribution in [0.15, 0.2) is 59.5 Å². The number of hydrogen-bond donors (Lipinski definition) is 1. The first-order valence-electron chi connectivity index (χ1n) is 9.42. The second-order valence-electron chi connectivity index (χ2n) is 6.95. The number of aromatic nitrogens is 3. The smallest absolute Gasteiger partial charge is 0.291 e. The molecule has 2 aromatic carbocycles. The van der Waals surface area contributed by atoms with Gasteiger partial charge >= 0.3 is 0 Å².